The van der Waals surface area contributed by atoms with E-state index in [2.05, 4.69) is 52.0 Å². The topological polar surface area (TPSA) is 55.6 Å². The van der Waals surface area contributed by atoms with Crippen molar-refractivity contribution in [2.45, 2.75) is 12.8 Å². The lowest BCUT2D eigenvalue weighted by Crippen LogP contribution is -2.10. The van der Waals surface area contributed by atoms with E-state index in [1.54, 1.807) is 11.0 Å². The molecule has 3 rings (SSSR count). The highest BCUT2D eigenvalue weighted by Crippen LogP contribution is 2.18. The molecule has 0 bridgehead atoms. The fourth-order valence-electron chi connectivity index (χ4n) is 2.21. The first kappa shape index (κ1) is 13.3. The Hall–Kier alpha value is -2.69. The fraction of sp³-hybridized carbons (Fsp3) is 0.188. The zero-order valence-corrected chi connectivity index (χ0v) is 11.8. The number of nitrogens with zero attached hydrogens (tertiary/aromatic N) is 4. The van der Waals surface area contributed by atoms with E-state index >= 15 is 0 Å². The van der Waals surface area contributed by atoms with Crippen molar-refractivity contribution < 1.29 is 0 Å². The van der Waals surface area contributed by atoms with Crippen LogP contribution in [0.3, 0.4) is 0 Å². The molecule has 1 heterocycles. The Morgan fingerprint density at radius 2 is 1.95 bits per heavy atom. The number of aromatic nitrogens is 4. The second kappa shape index (κ2) is 6.17. The highest BCUT2D eigenvalue weighted by atomic mass is 15.5. The summed E-state index contributed by atoms with van der Waals surface area (Å²) < 4.78 is 1.64. The molecule has 0 saturated carbocycles. The van der Waals surface area contributed by atoms with Crippen LogP contribution in [0.4, 0.5) is 5.69 Å². The van der Waals surface area contributed by atoms with Crippen molar-refractivity contribution in [2.24, 2.45) is 0 Å². The molecule has 0 spiro atoms. The Balaban J connectivity index is 1.67. The molecule has 1 aromatic heterocycles. The monoisotopic (exact) mass is 279 g/mol. The maximum Gasteiger partial charge on any atom is 0.143 e. The number of tetrazole rings is 1. The van der Waals surface area contributed by atoms with E-state index in [0.717, 1.165) is 17.9 Å². The average Bonchev–Trinajstić information content (AvgIpc) is 3.08. The van der Waals surface area contributed by atoms with Crippen LogP contribution in [-0.2, 0) is 0 Å². The lowest BCUT2D eigenvalue weighted by Gasteiger charge is -2.14. The van der Waals surface area contributed by atoms with Gasteiger partial charge in [-0.25, -0.2) is 4.68 Å². The maximum absolute atomic E-state index is 3.90. The Morgan fingerprint density at radius 1 is 1.10 bits per heavy atom. The van der Waals surface area contributed by atoms with Crippen molar-refractivity contribution in [1.82, 2.24) is 20.2 Å². The molecule has 0 aliphatic heterocycles. The summed E-state index contributed by atoms with van der Waals surface area (Å²) in [6, 6.07) is 18.6. The van der Waals surface area contributed by atoms with Crippen LogP contribution in [0.5, 0.6) is 0 Å². The minimum atomic E-state index is 0.447. The highest BCUT2D eigenvalue weighted by molar-refractivity contribution is 5.50. The average molecular weight is 279 g/mol. The molecule has 2 aromatic carbocycles. The summed E-state index contributed by atoms with van der Waals surface area (Å²) in [5, 5.41) is 14.7. The zero-order chi connectivity index (χ0) is 14.5. The van der Waals surface area contributed by atoms with E-state index in [9.17, 15) is 0 Å². The first-order chi connectivity index (χ1) is 10.3. The summed E-state index contributed by atoms with van der Waals surface area (Å²) in [4.78, 5) is 0. The normalized spacial score (nSPS) is 12.0. The quantitative estimate of drug-likeness (QED) is 0.780. The predicted molar refractivity (Wildman–Crippen MR) is 82.5 cm³/mol. The van der Waals surface area contributed by atoms with E-state index in [1.165, 1.54) is 5.56 Å². The van der Waals surface area contributed by atoms with Gasteiger partial charge in [-0.15, -0.1) is 5.10 Å². The van der Waals surface area contributed by atoms with Crippen LogP contribution in [0, 0.1) is 0 Å². The van der Waals surface area contributed by atoms with Crippen LogP contribution in [0.2, 0.25) is 0 Å². The van der Waals surface area contributed by atoms with Crippen LogP contribution >= 0.6 is 0 Å². The smallest absolute Gasteiger partial charge is 0.143 e. The first-order valence-electron chi connectivity index (χ1n) is 6.95. The van der Waals surface area contributed by atoms with Crippen molar-refractivity contribution in [1.29, 1.82) is 0 Å². The van der Waals surface area contributed by atoms with E-state index < -0.39 is 0 Å². The molecule has 0 aliphatic carbocycles. The first-order valence-corrected chi connectivity index (χ1v) is 6.95. The van der Waals surface area contributed by atoms with Crippen LogP contribution in [0.15, 0.2) is 60.9 Å². The van der Waals surface area contributed by atoms with Gasteiger partial charge in [0.25, 0.3) is 0 Å². The summed E-state index contributed by atoms with van der Waals surface area (Å²) in [6.45, 7) is 3.09. The van der Waals surface area contributed by atoms with Gasteiger partial charge in [-0.2, -0.15) is 0 Å². The van der Waals surface area contributed by atoms with Gasteiger partial charge in [-0.05, 0) is 40.1 Å². The third kappa shape index (κ3) is 3.25. The third-order valence-electron chi connectivity index (χ3n) is 3.44. The molecule has 21 heavy (non-hydrogen) atoms. The molecule has 0 saturated heterocycles. The predicted octanol–water partition coefficient (Wildman–Crippen LogP) is 2.88. The van der Waals surface area contributed by atoms with E-state index in [1.807, 2.05) is 30.3 Å². The zero-order valence-electron chi connectivity index (χ0n) is 11.8. The van der Waals surface area contributed by atoms with Crippen LogP contribution in [0.25, 0.3) is 5.69 Å². The molecule has 106 valence electrons. The molecule has 1 N–H and O–H groups in total. The Labute approximate surface area is 123 Å². The Kier molecular flexibility index (Phi) is 3.91. The van der Waals surface area contributed by atoms with Crippen molar-refractivity contribution in [2.75, 3.05) is 11.9 Å². The van der Waals surface area contributed by atoms with Gasteiger partial charge in [0.05, 0.1) is 5.69 Å². The molecule has 3 aromatic rings. The fourth-order valence-corrected chi connectivity index (χ4v) is 2.21. The standard InChI is InChI=1S/C16H17N5/c1-13(14-6-3-2-4-7-14)11-17-15-8-5-9-16(10-15)21-12-18-19-20-21/h2-10,12-13,17H,11H2,1H3. The van der Waals surface area contributed by atoms with Gasteiger partial charge in [0.1, 0.15) is 6.33 Å². The Bertz CT molecular complexity index is 679. The third-order valence-corrected chi connectivity index (χ3v) is 3.44. The van der Waals surface area contributed by atoms with E-state index in [-0.39, 0.29) is 0 Å². The van der Waals surface area contributed by atoms with Crippen LogP contribution < -0.4 is 5.32 Å². The maximum atomic E-state index is 3.90. The van der Waals surface area contributed by atoms with E-state index in [4.69, 9.17) is 0 Å². The summed E-state index contributed by atoms with van der Waals surface area (Å²) in [6.07, 6.45) is 1.59. The van der Waals surface area contributed by atoms with Gasteiger partial charge in [0.2, 0.25) is 0 Å². The van der Waals surface area contributed by atoms with Gasteiger partial charge in [0.15, 0.2) is 0 Å². The number of benzene rings is 2. The lowest BCUT2D eigenvalue weighted by atomic mass is 10.0. The molecule has 0 amide bonds. The summed E-state index contributed by atoms with van der Waals surface area (Å²) in [7, 11) is 0. The minimum Gasteiger partial charge on any atom is -0.384 e. The number of nitrogens with one attached hydrogen (secondary N) is 1. The molecule has 1 atom stereocenters. The summed E-state index contributed by atoms with van der Waals surface area (Å²) in [5.41, 5.74) is 3.34. The largest absolute Gasteiger partial charge is 0.384 e. The van der Waals surface area contributed by atoms with Crippen LogP contribution in [-0.4, -0.2) is 26.8 Å². The number of anilines is 1. The second-order valence-electron chi connectivity index (χ2n) is 5.00. The minimum absolute atomic E-state index is 0.447. The highest BCUT2D eigenvalue weighted by Gasteiger charge is 2.05. The van der Waals surface area contributed by atoms with Gasteiger partial charge in [0, 0.05) is 12.2 Å². The van der Waals surface area contributed by atoms with Crippen molar-refractivity contribution >= 4 is 5.69 Å². The molecule has 0 aliphatic rings. The number of hydrogen-bond donors (Lipinski definition) is 1. The SMILES string of the molecule is CC(CNc1cccc(-n2cnnn2)c1)c1ccccc1. The lowest BCUT2D eigenvalue weighted by molar-refractivity contribution is 0.787. The van der Waals surface area contributed by atoms with Crippen LogP contribution in [0.1, 0.15) is 18.4 Å². The molecular formula is C16H17N5. The second-order valence-corrected chi connectivity index (χ2v) is 5.00. The molecule has 1 unspecified atom stereocenters. The number of hydrogen-bond acceptors (Lipinski definition) is 4. The summed E-state index contributed by atoms with van der Waals surface area (Å²) >= 11 is 0. The number of rotatable bonds is 5. The van der Waals surface area contributed by atoms with Crippen molar-refractivity contribution in [3.05, 3.63) is 66.5 Å². The molecule has 0 fully saturated rings. The molecule has 5 heteroatoms. The molecule has 5 nitrogen and oxygen atoms in total. The van der Waals surface area contributed by atoms with Gasteiger partial charge < -0.3 is 5.32 Å². The molecule has 0 radical (unpaired) electrons. The van der Waals surface area contributed by atoms with Crippen molar-refractivity contribution in [3.8, 4) is 5.69 Å². The van der Waals surface area contributed by atoms with Crippen molar-refractivity contribution in [3.63, 3.8) is 0 Å². The Morgan fingerprint density at radius 3 is 2.71 bits per heavy atom. The van der Waals surface area contributed by atoms with Gasteiger partial charge in [-0.3, -0.25) is 0 Å². The van der Waals surface area contributed by atoms with Gasteiger partial charge in [-0.1, -0.05) is 43.3 Å². The molecular weight excluding hydrogens is 262 g/mol. The van der Waals surface area contributed by atoms with Gasteiger partial charge >= 0.3 is 0 Å². The summed E-state index contributed by atoms with van der Waals surface area (Å²) in [5.74, 6) is 0.447. The van der Waals surface area contributed by atoms with E-state index in [0.29, 0.717) is 5.92 Å².